The number of fused-ring (bicyclic) bond motifs is 3. The number of pyridine rings is 2. The highest BCUT2D eigenvalue weighted by molar-refractivity contribution is 6.70. The van der Waals surface area contributed by atoms with Gasteiger partial charge in [0.2, 0.25) is 5.71 Å². The molecule has 1 aromatic carbocycles. The van der Waals surface area contributed by atoms with Crippen molar-refractivity contribution < 1.29 is 13.1 Å². The molecule has 5 rings (SSSR count). The Balaban J connectivity index is 1.75. The van der Waals surface area contributed by atoms with E-state index in [-0.39, 0.29) is 6.85 Å². The van der Waals surface area contributed by atoms with Crippen LogP contribution in [0.2, 0.25) is 6.82 Å². The first-order valence-electron chi connectivity index (χ1n) is 10.8. The van der Waals surface area contributed by atoms with E-state index in [1.165, 1.54) is 0 Å². The summed E-state index contributed by atoms with van der Waals surface area (Å²) < 4.78 is 32.5. The molecule has 0 saturated carbocycles. The van der Waals surface area contributed by atoms with Crippen molar-refractivity contribution in [3.63, 3.8) is 0 Å². The molecule has 4 aromatic rings. The molecule has 4 heterocycles. The van der Waals surface area contributed by atoms with Crippen molar-refractivity contribution in [2.75, 3.05) is 4.81 Å². The predicted molar refractivity (Wildman–Crippen MR) is 114 cm³/mol. The van der Waals surface area contributed by atoms with Crippen LogP contribution in [-0.2, 0) is 7.05 Å². The maximum atomic E-state index is 8.10. The molecule has 0 bridgehead atoms. The third-order valence-electron chi connectivity index (χ3n) is 5.23. The highest BCUT2D eigenvalue weighted by atomic mass is 16.4. The van der Waals surface area contributed by atoms with Gasteiger partial charge < -0.3 is 4.42 Å². The lowest BCUT2D eigenvalue weighted by atomic mass is 9.59. The van der Waals surface area contributed by atoms with Crippen molar-refractivity contribution >= 4 is 35.2 Å². The standard InChI is InChI=1S/C23H21BN3O/c1-16-15-24(2)27(23-21(16)19-10-7-12-25-22(19)28-23)20-14-18(11-13-26(20)3)17-8-5-4-6-9-17/h4-15H,1-3H3/q+1/i1D3. The van der Waals surface area contributed by atoms with Gasteiger partial charge in [-0.15, -0.1) is 0 Å². The molecule has 0 unspecified atom stereocenters. The summed E-state index contributed by atoms with van der Waals surface area (Å²) in [5.41, 5.74) is 3.51. The fraction of sp³-hybridized carbons (Fsp3) is 0.130. The van der Waals surface area contributed by atoms with Crippen LogP contribution in [0.1, 0.15) is 16.5 Å². The number of hydrogen-bond donors (Lipinski definition) is 0. The van der Waals surface area contributed by atoms with Crippen LogP contribution in [0.25, 0.3) is 27.8 Å². The molecule has 0 fully saturated rings. The van der Waals surface area contributed by atoms with Crippen LogP contribution >= 0.6 is 0 Å². The Morgan fingerprint density at radius 2 is 1.96 bits per heavy atom. The van der Waals surface area contributed by atoms with Gasteiger partial charge in [0.15, 0.2) is 0 Å². The molecule has 1 aliphatic heterocycles. The highest BCUT2D eigenvalue weighted by Gasteiger charge is 2.39. The minimum Gasteiger partial charge on any atom is -0.404 e. The Bertz CT molecular complexity index is 1310. The van der Waals surface area contributed by atoms with Crippen molar-refractivity contribution in [1.29, 1.82) is 0 Å². The van der Waals surface area contributed by atoms with Gasteiger partial charge in [0.05, 0.1) is 24.2 Å². The Morgan fingerprint density at radius 3 is 2.79 bits per heavy atom. The van der Waals surface area contributed by atoms with E-state index in [1.54, 1.807) is 12.3 Å². The summed E-state index contributed by atoms with van der Waals surface area (Å²) in [6, 6.07) is 18.0. The summed E-state index contributed by atoms with van der Waals surface area (Å²) in [5.74, 6) is 3.22. The van der Waals surface area contributed by atoms with Gasteiger partial charge in [-0.2, -0.15) is 0 Å². The maximum Gasteiger partial charge on any atom is 0.406 e. The number of rotatable bonds is 2. The molecule has 28 heavy (non-hydrogen) atoms. The molecule has 0 spiro atoms. The van der Waals surface area contributed by atoms with E-state index in [1.807, 2.05) is 59.7 Å². The van der Waals surface area contributed by atoms with E-state index >= 15 is 0 Å². The number of aromatic nitrogens is 2. The van der Waals surface area contributed by atoms with Crippen LogP contribution in [0.15, 0.2) is 77.4 Å². The molecule has 1 aliphatic rings. The first kappa shape index (κ1) is 13.8. The number of furan rings is 1. The third kappa shape index (κ3) is 2.54. The minimum absolute atomic E-state index is 0.222. The molecule has 5 heteroatoms. The van der Waals surface area contributed by atoms with E-state index in [4.69, 9.17) is 8.53 Å². The number of benzene rings is 1. The average molecular weight is 369 g/mol. The van der Waals surface area contributed by atoms with E-state index in [2.05, 4.69) is 29.2 Å². The Hall–Kier alpha value is -3.34. The Labute approximate surface area is 169 Å². The molecule has 136 valence electrons. The lowest BCUT2D eigenvalue weighted by molar-refractivity contribution is -0.658. The van der Waals surface area contributed by atoms with Gasteiger partial charge in [-0.25, -0.2) is 9.55 Å². The summed E-state index contributed by atoms with van der Waals surface area (Å²) in [4.78, 5) is 6.37. The number of anilines is 2. The molecule has 4 nitrogen and oxygen atoms in total. The number of hydrogen-bond acceptors (Lipinski definition) is 3. The topological polar surface area (TPSA) is 33.2 Å². The average Bonchev–Trinajstić information content (AvgIpc) is 3.13. The fourth-order valence-corrected chi connectivity index (χ4v) is 3.85. The van der Waals surface area contributed by atoms with Crippen LogP contribution in [0.5, 0.6) is 0 Å². The predicted octanol–water partition coefficient (Wildman–Crippen LogP) is 5.03. The van der Waals surface area contributed by atoms with E-state index < -0.39 is 6.85 Å². The first-order chi connectivity index (χ1) is 14.8. The van der Waals surface area contributed by atoms with Crippen molar-refractivity contribution in [2.45, 2.75) is 13.7 Å². The van der Waals surface area contributed by atoms with Gasteiger partial charge in [0, 0.05) is 16.4 Å². The van der Waals surface area contributed by atoms with Crippen LogP contribution < -0.4 is 9.38 Å². The first-order valence-corrected chi connectivity index (χ1v) is 9.29. The van der Waals surface area contributed by atoms with Gasteiger partial charge in [-0.3, -0.25) is 4.81 Å². The van der Waals surface area contributed by atoms with Crippen molar-refractivity contribution in [1.82, 2.24) is 4.98 Å². The Morgan fingerprint density at radius 1 is 1.11 bits per heavy atom. The van der Waals surface area contributed by atoms with Gasteiger partial charge in [-0.05, 0) is 48.6 Å². The van der Waals surface area contributed by atoms with E-state index in [0.29, 0.717) is 28.1 Å². The normalized spacial score (nSPS) is 15.6. The molecule has 0 saturated heterocycles. The Kier molecular flexibility index (Phi) is 3.14. The zero-order valence-electron chi connectivity index (χ0n) is 18.8. The summed E-state index contributed by atoms with van der Waals surface area (Å²) in [5, 5.41) is 0.707. The van der Waals surface area contributed by atoms with Gasteiger partial charge in [-0.1, -0.05) is 36.3 Å². The maximum absolute atomic E-state index is 8.10. The smallest absolute Gasteiger partial charge is 0.404 e. The lowest BCUT2D eigenvalue weighted by Gasteiger charge is -2.24. The van der Waals surface area contributed by atoms with Crippen LogP contribution in [0.4, 0.5) is 11.7 Å². The van der Waals surface area contributed by atoms with Gasteiger partial charge in [0.1, 0.15) is 0 Å². The second-order valence-corrected chi connectivity index (χ2v) is 7.08. The van der Waals surface area contributed by atoms with Gasteiger partial charge >= 0.3 is 6.85 Å². The van der Waals surface area contributed by atoms with Gasteiger partial charge in [0.25, 0.3) is 11.7 Å². The van der Waals surface area contributed by atoms with E-state index in [0.717, 1.165) is 16.9 Å². The molecule has 3 aromatic heterocycles. The summed E-state index contributed by atoms with van der Waals surface area (Å²) >= 11 is 0. The van der Waals surface area contributed by atoms with E-state index in [9.17, 15) is 0 Å². The zero-order chi connectivity index (χ0) is 21.8. The van der Waals surface area contributed by atoms with Crippen LogP contribution in [0, 0.1) is 0 Å². The number of nitrogens with zero attached hydrogens (tertiary/aromatic N) is 3. The fourth-order valence-electron chi connectivity index (χ4n) is 3.85. The van der Waals surface area contributed by atoms with Crippen molar-refractivity contribution in [3.8, 4) is 11.1 Å². The highest BCUT2D eigenvalue weighted by Crippen LogP contribution is 2.43. The third-order valence-corrected chi connectivity index (χ3v) is 5.23. The minimum atomic E-state index is -2.25. The zero-order valence-corrected chi connectivity index (χ0v) is 15.8. The molecule has 0 atom stereocenters. The molecule has 0 radical (unpaired) electrons. The second kappa shape index (κ2) is 6.38. The summed E-state index contributed by atoms with van der Waals surface area (Å²) in [6.07, 6.45) is 3.66. The summed E-state index contributed by atoms with van der Waals surface area (Å²) in [7, 11) is 1.97. The number of allylic oxidation sites excluding steroid dienone is 1. The number of aryl methyl sites for hydroxylation is 1. The molecular formula is C23H21BN3O+. The lowest BCUT2D eigenvalue weighted by Crippen LogP contribution is -2.43. The molecule has 0 N–H and O–H groups in total. The largest absolute Gasteiger partial charge is 0.406 e. The molecule has 0 amide bonds. The SMILES string of the molecule is [2H]C([2H])([2H])C1=CB(C)N(c2cc(-c3ccccc3)cc[n+]2C)c2oc3ncccc3c21. The van der Waals surface area contributed by atoms with Crippen molar-refractivity contribution in [3.05, 3.63) is 78.5 Å². The van der Waals surface area contributed by atoms with Crippen LogP contribution in [0.3, 0.4) is 0 Å². The van der Waals surface area contributed by atoms with Crippen LogP contribution in [-0.4, -0.2) is 11.8 Å². The molecule has 0 aliphatic carbocycles. The van der Waals surface area contributed by atoms with Crippen molar-refractivity contribution in [2.24, 2.45) is 7.05 Å². The second-order valence-electron chi connectivity index (χ2n) is 7.08. The quantitative estimate of drug-likeness (QED) is 0.367. The summed E-state index contributed by atoms with van der Waals surface area (Å²) in [6.45, 7) is -0.499. The molecular weight excluding hydrogens is 345 g/mol. The monoisotopic (exact) mass is 369 g/mol.